The molecule has 1 atom stereocenters. The zero-order chi connectivity index (χ0) is 16.3. The van der Waals surface area contributed by atoms with Crippen molar-refractivity contribution in [2.45, 2.75) is 25.8 Å². The van der Waals surface area contributed by atoms with Gasteiger partial charge in [0.2, 0.25) is 12.7 Å². The van der Waals surface area contributed by atoms with Gasteiger partial charge in [0, 0.05) is 7.11 Å². The Labute approximate surface area is 136 Å². The van der Waals surface area contributed by atoms with Crippen molar-refractivity contribution in [2.75, 3.05) is 33.6 Å². The van der Waals surface area contributed by atoms with E-state index in [0.29, 0.717) is 6.61 Å². The van der Waals surface area contributed by atoms with Gasteiger partial charge in [-0.15, -0.1) is 0 Å². The minimum Gasteiger partial charge on any atom is -0.454 e. The Balaban J connectivity index is 1.70. The van der Waals surface area contributed by atoms with Crippen molar-refractivity contribution in [3.63, 3.8) is 0 Å². The van der Waals surface area contributed by atoms with Gasteiger partial charge in [0.15, 0.2) is 11.5 Å². The summed E-state index contributed by atoms with van der Waals surface area (Å²) in [5.74, 6) is 1.55. The van der Waals surface area contributed by atoms with Crippen LogP contribution in [-0.2, 0) is 9.53 Å². The molecule has 2 N–H and O–H groups in total. The van der Waals surface area contributed by atoms with E-state index in [2.05, 4.69) is 10.6 Å². The van der Waals surface area contributed by atoms with E-state index in [1.165, 1.54) is 0 Å². The third-order valence-electron chi connectivity index (χ3n) is 4.71. The summed E-state index contributed by atoms with van der Waals surface area (Å²) < 4.78 is 16.1. The summed E-state index contributed by atoms with van der Waals surface area (Å²) in [7, 11) is 1.65. The van der Waals surface area contributed by atoms with E-state index in [0.717, 1.165) is 43.0 Å². The topological polar surface area (TPSA) is 68.8 Å². The van der Waals surface area contributed by atoms with Crippen LogP contribution in [0, 0.1) is 5.41 Å². The van der Waals surface area contributed by atoms with E-state index >= 15 is 0 Å². The van der Waals surface area contributed by atoms with E-state index in [9.17, 15) is 4.79 Å². The van der Waals surface area contributed by atoms with Gasteiger partial charge in [-0.05, 0) is 50.6 Å². The van der Waals surface area contributed by atoms with Crippen molar-refractivity contribution in [3.05, 3.63) is 23.8 Å². The summed E-state index contributed by atoms with van der Waals surface area (Å²) in [6.45, 7) is 4.37. The maximum Gasteiger partial charge on any atom is 0.231 e. The van der Waals surface area contributed by atoms with Crippen LogP contribution in [0.1, 0.15) is 31.4 Å². The fourth-order valence-electron chi connectivity index (χ4n) is 3.23. The highest BCUT2D eigenvalue weighted by Gasteiger charge is 2.40. The Kier molecular flexibility index (Phi) is 4.73. The predicted molar refractivity (Wildman–Crippen MR) is 85.5 cm³/mol. The third kappa shape index (κ3) is 3.28. The van der Waals surface area contributed by atoms with Gasteiger partial charge in [-0.3, -0.25) is 4.79 Å². The molecule has 0 saturated carbocycles. The molecule has 0 aromatic heterocycles. The minimum atomic E-state index is -0.440. The van der Waals surface area contributed by atoms with Crippen molar-refractivity contribution in [1.82, 2.24) is 10.6 Å². The van der Waals surface area contributed by atoms with Gasteiger partial charge < -0.3 is 24.8 Å². The first-order valence-corrected chi connectivity index (χ1v) is 8.05. The summed E-state index contributed by atoms with van der Waals surface area (Å²) in [5, 5.41) is 6.44. The quantitative estimate of drug-likeness (QED) is 0.863. The van der Waals surface area contributed by atoms with Gasteiger partial charge in [0.05, 0.1) is 18.1 Å². The first-order chi connectivity index (χ1) is 11.1. The van der Waals surface area contributed by atoms with Gasteiger partial charge in [0.25, 0.3) is 0 Å². The van der Waals surface area contributed by atoms with Gasteiger partial charge in [-0.1, -0.05) is 6.07 Å². The summed E-state index contributed by atoms with van der Waals surface area (Å²) >= 11 is 0. The molecule has 0 aliphatic carbocycles. The van der Waals surface area contributed by atoms with E-state index in [-0.39, 0.29) is 18.7 Å². The second kappa shape index (κ2) is 6.76. The predicted octanol–water partition coefficient (Wildman–Crippen LogP) is 1.61. The standard InChI is InChI=1S/C17H24N2O4/c1-12(13-3-4-14-15(9-13)23-11-22-14)19-16(20)17(10-21-2)5-7-18-8-6-17/h3-4,9,12,18H,5-8,10-11H2,1-2H3,(H,19,20). The van der Waals surface area contributed by atoms with Crippen LogP contribution < -0.4 is 20.1 Å². The highest BCUT2D eigenvalue weighted by molar-refractivity contribution is 5.83. The normalized spacial score (nSPS) is 20.1. The summed E-state index contributed by atoms with van der Waals surface area (Å²) in [6.07, 6.45) is 1.58. The molecule has 2 aliphatic rings. The molecule has 1 fully saturated rings. The van der Waals surface area contributed by atoms with E-state index < -0.39 is 5.41 Å². The van der Waals surface area contributed by atoms with Gasteiger partial charge in [0.1, 0.15) is 0 Å². The Morgan fingerprint density at radius 2 is 2.09 bits per heavy atom. The number of nitrogens with one attached hydrogen (secondary N) is 2. The van der Waals surface area contributed by atoms with Crippen LogP contribution in [0.2, 0.25) is 0 Å². The lowest BCUT2D eigenvalue weighted by molar-refractivity contribution is -0.136. The van der Waals surface area contributed by atoms with Crippen LogP contribution in [0.4, 0.5) is 0 Å². The van der Waals surface area contributed by atoms with Crippen molar-refractivity contribution < 1.29 is 19.0 Å². The average molecular weight is 320 g/mol. The van der Waals surface area contributed by atoms with E-state index in [1.807, 2.05) is 25.1 Å². The fourth-order valence-corrected chi connectivity index (χ4v) is 3.23. The monoisotopic (exact) mass is 320 g/mol. The molecule has 1 aromatic rings. The fraction of sp³-hybridized carbons (Fsp3) is 0.588. The van der Waals surface area contributed by atoms with Crippen LogP contribution in [0.3, 0.4) is 0 Å². The molecule has 2 heterocycles. The van der Waals surface area contributed by atoms with Gasteiger partial charge in [-0.25, -0.2) is 0 Å². The van der Waals surface area contributed by atoms with E-state index in [4.69, 9.17) is 14.2 Å². The lowest BCUT2D eigenvalue weighted by Gasteiger charge is -2.36. The van der Waals surface area contributed by atoms with Crippen LogP contribution in [-0.4, -0.2) is 39.5 Å². The Morgan fingerprint density at radius 1 is 1.35 bits per heavy atom. The molecule has 3 rings (SSSR count). The Hall–Kier alpha value is -1.79. The lowest BCUT2D eigenvalue weighted by Crippen LogP contribution is -2.50. The molecule has 2 aliphatic heterocycles. The first-order valence-electron chi connectivity index (χ1n) is 8.05. The number of fused-ring (bicyclic) bond motifs is 1. The van der Waals surface area contributed by atoms with Gasteiger partial charge in [-0.2, -0.15) is 0 Å². The van der Waals surface area contributed by atoms with Crippen molar-refractivity contribution in [2.24, 2.45) is 5.41 Å². The SMILES string of the molecule is COCC1(C(=O)NC(C)c2ccc3c(c2)OCO3)CCNCC1. The molecule has 6 heteroatoms. The highest BCUT2D eigenvalue weighted by Crippen LogP contribution is 2.35. The molecule has 0 bridgehead atoms. The van der Waals surface area contributed by atoms with E-state index in [1.54, 1.807) is 7.11 Å². The summed E-state index contributed by atoms with van der Waals surface area (Å²) in [4.78, 5) is 12.9. The number of rotatable bonds is 5. The minimum absolute atomic E-state index is 0.0611. The molecule has 0 spiro atoms. The number of carbonyl (C=O) groups excluding carboxylic acids is 1. The maximum absolute atomic E-state index is 12.9. The van der Waals surface area contributed by atoms with Crippen LogP contribution in [0.15, 0.2) is 18.2 Å². The third-order valence-corrected chi connectivity index (χ3v) is 4.71. The second-order valence-corrected chi connectivity index (χ2v) is 6.27. The molecule has 6 nitrogen and oxygen atoms in total. The highest BCUT2D eigenvalue weighted by atomic mass is 16.7. The molecule has 1 aromatic carbocycles. The van der Waals surface area contributed by atoms with Crippen LogP contribution >= 0.6 is 0 Å². The summed E-state index contributed by atoms with van der Waals surface area (Å²) in [5.41, 5.74) is 0.564. The van der Waals surface area contributed by atoms with Crippen LogP contribution in [0.25, 0.3) is 0 Å². The molecule has 0 radical (unpaired) electrons. The molecule has 1 unspecified atom stereocenters. The largest absolute Gasteiger partial charge is 0.454 e. The number of methoxy groups -OCH3 is 1. The number of benzene rings is 1. The second-order valence-electron chi connectivity index (χ2n) is 6.27. The zero-order valence-corrected chi connectivity index (χ0v) is 13.7. The zero-order valence-electron chi connectivity index (χ0n) is 13.7. The first kappa shape index (κ1) is 16.1. The number of ether oxygens (including phenoxy) is 3. The molecule has 1 saturated heterocycles. The molecule has 126 valence electrons. The number of amides is 1. The molecule has 23 heavy (non-hydrogen) atoms. The van der Waals surface area contributed by atoms with Crippen molar-refractivity contribution in [1.29, 1.82) is 0 Å². The van der Waals surface area contributed by atoms with Crippen LogP contribution in [0.5, 0.6) is 11.5 Å². The number of piperidine rings is 1. The maximum atomic E-state index is 12.9. The molecular weight excluding hydrogens is 296 g/mol. The molecular formula is C17H24N2O4. The number of carbonyl (C=O) groups is 1. The molecule has 1 amide bonds. The Morgan fingerprint density at radius 3 is 2.83 bits per heavy atom. The van der Waals surface area contributed by atoms with Crippen molar-refractivity contribution >= 4 is 5.91 Å². The van der Waals surface area contributed by atoms with Crippen molar-refractivity contribution in [3.8, 4) is 11.5 Å². The average Bonchev–Trinajstić information content (AvgIpc) is 3.03. The number of hydrogen-bond donors (Lipinski definition) is 2. The lowest BCUT2D eigenvalue weighted by atomic mass is 9.78. The summed E-state index contributed by atoms with van der Waals surface area (Å²) in [6, 6.07) is 5.68. The Bertz CT molecular complexity index is 564. The van der Waals surface area contributed by atoms with Gasteiger partial charge >= 0.3 is 0 Å². The number of hydrogen-bond acceptors (Lipinski definition) is 5. The smallest absolute Gasteiger partial charge is 0.231 e.